The Morgan fingerprint density at radius 1 is 0.667 bits per heavy atom. The second kappa shape index (κ2) is 14.8. The van der Waals surface area contributed by atoms with E-state index in [2.05, 4.69) is 36.9 Å². The van der Waals surface area contributed by atoms with Gasteiger partial charge in [0.15, 0.2) is 0 Å². The van der Waals surface area contributed by atoms with Crippen LogP contribution in [-0.4, -0.2) is 23.3 Å². The van der Waals surface area contributed by atoms with E-state index in [1.807, 2.05) is 163 Å². The highest BCUT2D eigenvalue weighted by Gasteiger charge is 2.78. The lowest BCUT2D eigenvalue weighted by atomic mass is 9.51. The molecule has 2 aliphatic rings. The fourth-order valence-corrected chi connectivity index (χ4v) is 8.71. The Bertz CT molecular complexity index is 2250. The Kier molecular flexibility index (Phi) is 9.50. The summed E-state index contributed by atoms with van der Waals surface area (Å²) in [6.45, 7) is 4.27. The highest BCUT2D eigenvalue weighted by molar-refractivity contribution is 6.07. The Morgan fingerprint density at radius 3 is 1.72 bits per heavy atom. The maximum absolute atomic E-state index is 15.6. The van der Waals surface area contributed by atoms with Gasteiger partial charge < -0.3 is 9.64 Å². The van der Waals surface area contributed by atoms with Crippen LogP contribution in [0.25, 0.3) is 5.57 Å². The molecule has 6 aromatic rings. The summed E-state index contributed by atoms with van der Waals surface area (Å²) in [6, 6.07) is 58.0. The van der Waals surface area contributed by atoms with Crippen LogP contribution in [0.4, 0.5) is 0 Å². The SMILES string of the molecule is C=C/C=C/CCCN1C(=O)C(c2ccccc2)(c2ccccc2)C12C(OC(=O)C(c1ccccc1)c1ccccc1)=C(c1ccccc1)c1ccccc12. The van der Waals surface area contributed by atoms with E-state index in [4.69, 9.17) is 4.74 Å². The van der Waals surface area contributed by atoms with E-state index in [0.717, 1.165) is 50.9 Å². The molecule has 1 atom stereocenters. The van der Waals surface area contributed by atoms with Crippen LogP contribution in [0.1, 0.15) is 57.7 Å². The van der Waals surface area contributed by atoms with Gasteiger partial charge in [-0.2, -0.15) is 0 Å². The predicted molar refractivity (Wildman–Crippen MR) is 215 cm³/mol. The third-order valence-electron chi connectivity index (χ3n) is 10.9. The van der Waals surface area contributed by atoms with Crippen molar-refractivity contribution in [1.82, 2.24) is 4.90 Å². The second-order valence-electron chi connectivity index (χ2n) is 13.7. The van der Waals surface area contributed by atoms with Gasteiger partial charge >= 0.3 is 5.97 Å². The van der Waals surface area contributed by atoms with Gasteiger partial charge in [0.05, 0.1) is 0 Å². The van der Waals surface area contributed by atoms with Crippen molar-refractivity contribution >= 4 is 17.4 Å². The lowest BCUT2D eigenvalue weighted by Gasteiger charge is -2.64. The zero-order chi connectivity index (χ0) is 37.0. The number of hydrogen-bond donors (Lipinski definition) is 0. The van der Waals surface area contributed by atoms with Crippen molar-refractivity contribution in [2.75, 3.05) is 6.54 Å². The fraction of sp³-hybridized carbons (Fsp3) is 0.120. The van der Waals surface area contributed by atoms with E-state index in [1.54, 1.807) is 6.08 Å². The van der Waals surface area contributed by atoms with E-state index < -0.39 is 22.8 Å². The number of allylic oxidation sites excluding steroid dienone is 3. The number of nitrogens with zero attached hydrogens (tertiary/aromatic N) is 1. The number of carbonyl (C=O) groups is 2. The molecule has 54 heavy (non-hydrogen) atoms. The minimum Gasteiger partial charge on any atom is -0.427 e. The molecule has 1 heterocycles. The molecule has 0 aromatic heterocycles. The van der Waals surface area contributed by atoms with Crippen molar-refractivity contribution in [3.8, 4) is 0 Å². The number of carbonyl (C=O) groups excluding carboxylic acids is 2. The van der Waals surface area contributed by atoms with Gasteiger partial charge in [0.1, 0.15) is 22.6 Å². The molecular formula is C50H41NO3. The van der Waals surface area contributed by atoms with Crippen molar-refractivity contribution in [3.63, 3.8) is 0 Å². The molecule has 1 aliphatic carbocycles. The van der Waals surface area contributed by atoms with Crippen LogP contribution in [0.3, 0.4) is 0 Å². The van der Waals surface area contributed by atoms with Crippen LogP contribution in [0.5, 0.6) is 0 Å². The summed E-state index contributed by atoms with van der Waals surface area (Å²) in [5.74, 6) is -0.696. The molecule has 0 radical (unpaired) electrons. The lowest BCUT2D eigenvalue weighted by molar-refractivity contribution is -0.177. The summed E-state index contributed by atoms with van der Waals surface area (Å²) in [6.07, 6.45) is 7.24. The average molecular weight is 704 g/mol. The first-order chi connectivity index (χ1) is 26.6. The topological polar surface area (TPSA) is 46.6 Å². The van der Waals surface area contributed by atoms with Crippen molar-refractivity contribution in [2.45, 2.75) is 29.7 Å². The first-order valence-electron chi connectivity index (χ1n) is 18.6. The van der Waals surface area contributed by atoms with E-state index in [0.29, 0.717) is 18.7 Å². The van der Waals surface area contributed by atoms with Gasteiger partial charge in [0.25, 0.3) is 0 Å². The Labute approximate surface area is 317 Å². The molecule has 1 spiro atoms. The van der Waals surface area contributed by atoms with Crippen LogP contribution >= 0.6 is 0 Å². The molecule has 1 saturated heterocycles. The molecule has 264 valence electrons. The molecular weight excluding hydrogens is 663 g/mol. The lowest BCUT2D eigenvalue weighted by Crippen LogP contribution is -2.79. The van der Waals surface area contributed by atoms with E-state index in [9.17, 15) is 0 Å². The van der Waals surface area contributed by atoms with Gasteiger partial charge in [-0.3, -0.25) is 9.59 Å². The number of ether oxygens (including phenoxy) is 1. The molecule has 0 saturated carbocycles. The van der Waals surface area contributed by atoms with Gasteiger partial charge in [0, 0.05) is 12.1 Å². The monoisotopic (exact) mass is 703 g/mol. The zero-order valence-electron chi connectivity index (χ0n) is 30.1. The number of amides is 1. The molecule has 1 amide bonds. The summed E-state index contributed by atoms with van der Waals surface area (Å²) in [5, 5.41) is 0. The third kappa shape index (κ3) is 5.45. The van der Waals surface area contributed by atoms with E-state index in [1.165, 1.54) is 0 Å². The molecule has 4 nitrogen and oxygen atoms in total. The molecule has 0 bridgehead atoms. The Balaban J connectivity index is 1.44. The Hall–Kier alpha value is -6.52. The maximum atomic E-state index is 15.6. The number of rotatable bonds is 12. The zero-order valence-corrected chi connectivity index (χ0v) is 30.1. The molecule has 4 heteroatoms. The summed E-state index contributed by atoms with van der Waals surface area (Å²) in [4.78, 5) is 32.8. The van der Waals surface area contributed by atoms with Gasteiger partial charge in [-0.05, 0) is 51.8 Å². The molecule has 1 unspecified atom stereocenters. The number of fused-ring (bicyclic) bond motifs is 2. The highest BCUT2D eigenvalue weighted by atomic mass is 16.5. The van der Waals surface area contributed by atoms with Crippen LogP contribution < -0.4 is 0 Å². The number of esters is 1. The summed E-state index contributed by atoms with van der Waals surface area (Å²) in [7, 11) is 0. The normalized spacial score (nSPS) is 17.1. The minimum absolute atomic E-state index is 0.0343. The molecule has 1 fully saturated rings. The van der Waals surface area contributed by atoms with Gasteiger partial charge in [0.2, 0.25) is 5.91 Å². The smallest absolute Gasteiger partial charge is 0.323 e. The van der Waals surface area contributed by atoms with Crippen LogP contribution in [0.15, 0.2) is 206 Å². The van der Waals surface area contributed by atoms with Gasteiger partial charge in [-0.15, -0.1) is 0 Å². The second-order valence-corrected chi connectivity index (χ2v) is 13.7. The number of likely N-dealkylation sites (tertiary alicyclic amines) is 1. The highest BCUT2D eigenvalue weighted by Crippen LogP contribution is 2.68. The summed E-state index contributed by atoms with van der Waals surface area (Å²) >= 11 is 0. The number of hydrogen-bond acceptors (Lipinski definition) is 3. The van der Waals surface area contributed by atoms with Crippen LogP contribution in [0, 0.1) is 0 Å². The quantitative estimate of drug-likeness (QED) is 0.0552. The standard InChI is InChI=1S/C50H41NO3/c1-2-3-4-5-23-36-51-48(53)49(40-30-17-9-18-31-40,41-32-19-10-20-33-41)50(51)43-35-22-21-34-42(43)45(39-28-15-8-16-29-39)46(50)54-47(52)44(37-24-11-6-12-25-37)38-26-13-7-14-27-38/h2-4,6-22,24-35,44H,1,5,23,36H2/b4-3+. The third-order valence-corrected chi connectivity index (χ3v) is 10.9. The van der Waals surface area contributed by atoms with Crippen molar-refractivity contribution in [2.24, 2.45) is 0 Å². The molecule has 6 aromatic carbocycles. The van der Waals surface area contributed by atoms with E-state index >= 15 is 9.59 Å². The predicted octanol–water partition coefficient (Wildman–Crippen LogP) is 10.4. The number of unbranched alkanes of at least 4 members (excludes halogenated alkanes) is 1. The van der Waals surface area contributed by atoms with Crippen molar-refractivity contribution in [3.05, 3.63) is 245 Å². The average Bonchev–Trinajstić information content (AvgIpc) is 3.52. The van der Waals surface area contributed by atoms with E-state index in [-0.39, 0.29) is 5.91 Å². The minimum atomic E-state index is -1.26. The largest absolute Gasteiger partial charge is 0.427 e. The van der Waals surface area contributed by atoms with Gasteiger partial charge in [-0.1, -0.05) is 201 Å². The first-order valence-corrected chi connectivity index (χ1v) is 18.6. The van der Waals surface area contributed by atoms with Gasteiger partial charge in [-0.25, -0.2) is 0 Å². The van der Waals surface area contributed by atoms with Crippen LogP contribution in [0.2, 0.25) is 0 Å². The maximum Gasteiger partial charge on any atom is 0.323 e. The number of benzene rings is 6. The first kappa shape index (κ1) is 34.6. The molecule has 0 N–H and O–H groups in total. The molecule has 1 aliphatic heterocycles. The van der Waals surface area contributed by atoms with Crippen molar-refractivity contribution in [1.29, 1.82) is 0 Å². The summed E-state index contributed by atoms with van der Waals surface area (Å²) < 4.78 is 7.13. The van der Waals surface area contributed by atoms with Crippen molar-refractivity contribution < 1.29 is 14.3 Å². The Morgan fingerprint density at radius 2 is 1.17 bits per heavy atom. The fourth-order valence-electron chi connectivity index (χ4n) is 8.71. The molecule has 8 rings (SSSR count). The van der Waals surface area contributed by atoms with Crippen LogP contribution in [-0.2, 0) is 25.3 Å². The number of β-lactam (4-membered cyclic amide) rings is 1. The summed E-state index contributed by atoms with van der Waals surface area (Å²) in [5.41, 5.74) is 4.42.